The zero-order chi connectivity index (χ0) is 13.9. The van der Waals surface area contributed by atoms with Crippen molar-refractivity contribution < 1.29 is 9.90 Å². The maximum atomic E-state index is 11.7. The number of allylic oxidation sites excluding steroid dienone is 4. The molecular weight excluding hydrogens is 248 g/mol. The van der Waals surface area contributed by atoms with Crippen LogP contribution in [0, 0.1) is 17.3 Å². The minimum absolute atomic E-state index is 0.108. The summed E-state index contributed by atoms with van der Waals surface area (Å²) in [6, 6.07) is 0. The summed E-state index contributed by atoms with van der Waals surface area (Å²) in [5.74, 6) is 1.74. The van der Waals surface area contributed by atoms with Gasteiger partial charge < -0.3 is 5.11 Å². The van der Waals surface area contributed by atoms with Gasteiger partial charge in [-0.15, -0.1) is 0 Å². The van der Waals surface area contributed by atoms with Gasteiger partial charge in [-0.1, -0.05) is 18.6 Å². The number of hydrogen-bond donors (Lipinski definition) is 1. The van der Waals surface area contributed by atoms with E-state index in [0.29, 0.717) is 24.0 Å². The van der Waals surface area contributed by atoms with Crippen LogP contribution in [0.15, 0.2) is 22.8 Å². The smallest absolute Gasteiger partial charge is 0.137 e. The molecule has 0 radical (unpaired) electrons. The minimum atomic E-state index is -0.117. The van der Waals surface area contributed by atoms with Crippen LogP contribution in [-0.2, 0) is 4.79 Å². The summed E-state index contributed by atoms with van der Waals surface area (Å²) in [7, 11) is 0. The Bertz CT molecular complexity index is 528. The topological polar surface area (TPSA) is 37.3 Å². The second-order valence-corrected chi connectivity index (χ2v) is 7.51. The first-order chi connectivity index (χ1) is 9.59. The highest BCUT2D eigenvalue weighted by Gasteiger charge is 2.52. The summed E-state index contributed by atoms with van der Waals surface area (Å²) in [4.78, 5) is 11.7. The summed E-state index contributed by atoms with van der Waals surface area (Å²) < 4.78 is 0. The van der Waals surface area contributed by atoms with Gasteiger partial charge in [-0.05, 0) is 61.5 Å². The Morgan fingerprint density at radius 3 is 2.90 bits per heavy atom. The first kappa shape index (κ1) is 12.8. The van der Waals surface area contributed by atoms with Crippen LogP contribution in [0.2, 0.25) is 0 Å². The molecule has 0 aliphatic heterocycles. The lowest BCUT2D eigenvalue weighted by atomic mass is 9.58. The zero-order valence-electron chi connectivity index (χ0n) is 12.3. The van der Waals surface area contributed by atoms with Crippen molar-refractivity contribution in [1.29, 1.82) is 0 Å². The molecule has 108 valence electrons. The molecule has 4 aliphatic rings. The lowest BCUT2D eigenvalue weighted by molar-refractivity contribution is -0.118. The number of carbonyl (C=O) groups excluding carboxylic acids is 1. The molecule has 2 nitrogen and oxygen atoms in total. The van der Waals surface area contributed by atoms with E-state index in [1.54, 1.807) is 5.57 Å². The van der Waals surface area contributed by atoms with E-state index in [-0.39, 0.29) is 11.5 Å². The molecule has 20 heavy (non-hydrogen) atoms. The first-order valence-corrected chi connectivity index (χ1v) is 8.20. The molecule has 4 aliphatic carbocycles. The Labute approximate surface area is 120 Å². The third-order valence-electron chi connectivity index (χ3n) is 6.60. The number of fused-ring (bicyclic) bond motifs is 4. The van der Waals surface area contributed by atoms with Crippen LogP contribution in [0.25, 0.3) is 0 Å². The molecule has 1 saturated carbocycles. The van der Waals surface area contributed by atoms with E-state index in [1.165, 1.54) is 24.0 Å². The molecule has 3 unspecified atom stereocenters. The third kappa shape index (κ3) is 1.64. The molecule has 0 spiro atoms. The van der Waals surface area contributed by atoms with Gasteiger partial charge in [0.25, 0.3) is 0 Å². The lowest BCUT2D eigenvalue weighted by Gasteiger charge is -2.46. The fraction of sp³-hybridized carbons (Fsp3) is 0.722. The van der Waals surface area contributed by atoms with Gasteiger partial charge in [0.1, 0.15) is 5.78 Å². The number of hydrogen-bond acceptors (Lipinski definition) is 2. The van der Waals surface area contributed by atoms with Gasteiger partial charge in [-0.3, -0.25) is 4.79 Å². The van der Waals surface area contributed by atoms with E-state index < -0.39 is 0 Å². The molecule has 0 amide bonds. The molecule has 0 aromatic heterocycles. The standard InChI is InChI=1S/C18H24O2/c1-18-9-8-14-13-5-3-12(19)10-11(13)2-4-15(14)16(18)6-7-17(18)20/h8,15-17,20H,2-7,9-10H2,1H3/t15?,16?,17?,18-/m0/s1. The summed E-state index contributed by atoms with van der Waals surface area (Å²) in [6.45, 7) is 2.29. The minimum Gasteiger partial charge on any atom is -0.393 e. The number of aliphatic hydroxyl groups excluding tert-OH is 1. The number of carbonyl (C=O) groups is 1. The van der Waals surface area contributed by atoms with Crippen LogP contribution in [0.3, 0.4) is 0 Å². The number of aliphatic hydroxyl groups is 1. The fourth-order valence-corrected chi connectivity index (χ4v) is 5.39. The second-order valence-electron chi connectivity index (χ2n) is 7.51. The Hall–Kier alpha value is -0.890. The van der Waals surface area contributed by atoms with Gasteiger partial charge in [0.2, 0.25) is 0 Å². The monoisotopic (exact) mass is 272 g/mol. The van der Waals surface area contributed by atoms with Crippen molar-refractivity contribution in [2.45, 2.75) is 64.4 Å². The van der Waals surface area contributed by atoms with Gasteiger partial charge in [0, 0.05) is 18.3 Å². The van der Waals surface area contributed by atoms with E-state index >= 15 is 0 Å². The van der Waals surface area contributed by atoms with Gasteiger partial charge >= 0.3 is 0 Å². The highest BCUT2D eigenvalue weighted by Crippen LogP contribution is 2.58. The SMILES string of the molecule is C[C@]12CC=C3C4=C(CCC3C1CCC2O)CC(=O)CC4. The highest BCUT2D eigenvalue weighted by atomic mass is 16.3. The largest absolute Gasteiger partial charge is 0.393 e. The molecule has 1 N–H and O–H groups in total. The quantitative estimate of drug-likeness (QED) is 0.732. The van der Waals surface area contributed by atoms with Crippen molar-refractivity contribution in [2.75, 3.05) is 0 Å². The van der Waals surface area contributed by atoms with E-state index in [1.807, 2.05) is 0 Å². The fourth-order valence-electron chi connectivity index (χ4n) is 5.39. The summed E-state index contributed by atoms with van der Waals surface area (Å²) in [5, 5.41) is 10.4. The molecule has 0 saturated heterocycles. The summed E-state index contributed by atoms with van der Waals surface area (Å²) >= 11 is 0. The maximum absolute atomic E-state index is 11.7. The van der Waals surface area contributed by atoms with Gasteiger partial charge in [-0.2, -0.15) is 0 Å². The number of Topliss-reactive ketones (excluding diaryl/α,β-unsaturated/α-hetero) is 1. The highest BCUT2D eigenvalue weighted by molar-refractivity contribution is 5.83. The van der Waals surface area contributed by atoms with Gasteiger partial charge in [-0.25, -0.2) is 0 Å². The van der Waals surface area contributed by atoms with Crippen LogP contribution in [-0.4, -0.2) is 17.0 Å². The Morgan fingerprint density at radius 2 is 2.05 bits per heavy atom. The average molecular weight is 272 g/mol. The van der Waals surface area contributed by atoms with Crippen molar-refractivity contribution >= 4 is 5.78 Å². The van der Waals surface area contributed by atoms with E-state index in [9.17, 15) is 9.90 Å². The van der Waals surface area contributed by atoms with Gasteiger partial charge in [0.05, 0.1) is 6.10 Å². The van der Waals surface area contributed by atoms with Crippen molar-refractivity contribution in [3.63, 3.8) is 0 Å². The Balaban J connectivity index is 1.73. The van der Waals surface area contributed by atoms with Crippen molar-refractivity contribution in [3.05, 3.63) is 22.8 Å². The molecule has 4 rings (SSSR count). The summed E-state index contributed by atoms with van der Waals surface area (Å²) in [6.07, 6.45) is 10.2. The van der Waals surface area contributed by atoms with Crippen molar-refractivity contribution in [3.8, 4) is 0 Å². The molecule has 1 fully saturated rings. The number of rotatable bonds is 0. The number of ketones is 1. The van der Waals surface area contributed by atoms with Crippen LogP contribution in [0.5, 0.6) is 0 Å². The zero-order valence-corrected chi connectivity index (χ0v) is 12.3. The second kappa shape index (κ2) is 4.30. The molecule has 0 aromatic carbocycles. The molecule has 0 heterocycles. The third-order valence-corrected chi connectivity index (χ3v) is 6.60. The predicted molar refractivity (Wildman–Crippen MR) is 78.1 cm³/mol. The van der Waals surface area contributed by atoms with E-state index in [0.717, 1.165) is 32.1 Å². The predicted octanol–water partition coefficient (Wildman–Crippen LogP) is 3.55. The Kier molecular flexibility index (Phi) is 2.76. The normalized spacial score (nSPS) is 43.8. The van der Waals surface area contributed by atoms with Gasteiger partial charge in [0.15, 0.2) is 0 Å². The Morgan fingerprint density at radius 1 is 1.20 bits per heavy atom. The molecule has 0 bridgehead atoms. The van der Waals surface area contributed by atoms with Crippen LogP contribution < -0.4 is 0 Å². The summed E-state index contributed by atoms with van der Waals surface area (Å²) in [5.41, 5.74) is 4.64. The van der Waals surface area contributed by atoms with Crippen LogP contribution >= 0.6 is 0 Å². The van der Waals surface area contributed by atoms with Crippen LogP contribution in [0.1, 0.15) is 58.3 Å². The molecular formula is C18H24O2. The first-order valence-electron chi connectivity index (χ1n) is 8.20. The van der Waals surface area contributed by atoms with Crippen LogP contribution in [0.4, 0.5) is 0 Å². The average Bonchev–Trinajstić information content (AvgIpc) is 2.74. The lowest BCUT2D eigenvalue weighted by Crippen LogP contribution is -2.40. The van der Waals surface area contributed by atoms with Crippen molar-refractivity contribution in [1.82, 2.24) is 0 Å². The molecule has 4 atom stereocenters. The molecule has 0 aromatic rings. The van der Waals surface area contributed by atoms with E-state index in [2.05, 4.69) is 13.0 Å². The molecule has 2 heteroatoms. The maximum Gasteiger partial charge on any atom is 0.137 e. The van der Waals surface area contributed by atoms with E-state index in [4.69, 9.17) is 0 Å². The van der Waals surface area contributed by atoms with Crippen molar-refractivity contribution in [2.24, 2.45) is 17.3 Å².